The van der Waals surface area contributed by atoms with Gasteiger partial charge in [-0.25, -0.2) is 4.98 Å². The van der Waals surface area contributed by atoms with Gasteiger partial charge in [0.2, 0.25) is 0 Å². The number of rotatable bonds is 6. The average molecular weight is 225 g/mol. The maximum absolute atomic E-state index is 11.0. The number of aromatic nitrogens is 2. The number of nitrogens with zero attached hydrogens (tertiary/aromatic N) is 2. The number of hydrogen-bond acceptors (Lipinski definition) is 4. The number of carbonyl (C=O) groups excluding carboxylic acids is 1. The van der Waals surface area contributed by atoms with Gasteiger partial charge in [0.1, 0.15) is 6.54 Å². The molecular weight excluding hydrogens is 206 g/mol. The van der Waals surface area contributed by atoms with Crippen LogP contribution < -0.4 is 5.32 Å². The summed E-state index contributed by atoms with van der Waals surface area (Å²) >= 11 is 0. The van der Waals surface area contributed by atoms with Gasteiger partial charge in [-0.15, -0.1) is 0 Å². The van der Waals surface area contributed by atoms with Crippen LogP contribution in [0.2, 0.25) is 0 Å². The van der Waals surface area contributed by atoms with Crippen molar-refractivity contribution in [3.63, 3.8) is 0 Å². The topological polar surface area (TPSA) is 56.2 Å². The van der Waals surface area contributed by atoms with Crippen molar-refractivity contribution in [3.05, 3.63) is 18.2 Å². The second-order valence-corrected chi connectivity index (χ2v) is 4.14. The van der Waals surface area contributed by atoms with Crippen molar-refractivity contribution < 1.29 is 9.53 Å². The van der Waals surface area contributed by atoms with Gasteiger partial charge in [0, 0.05) is 12.7 Å². The van der Waals surface area contributed by atoms with Crippen molar-refractivity contribution in [2.45, 2.75) is 26.9 Å². The molecule has 1 aromatic rings. The summed E-state index contributed by atoms with van der Waals surface area (Å²) in [5.41, 5.74) is 0.935. The van der Waals surface area contributed by atoms with Crippen molar-refractivity contribution in [2.24, 2.45) is 5.92 Å². The van der Waals surface area contributed by atoms with E-state index in [2.05, 4.69) is 28.9 Å². The quantitative estimate of drug-likeness (QED) is 0.728. The Kier molecular flexibility index (Phi) is 4.98. The normalized spacial score (nSPS) is 10.8. The number of hydrogen-bond donors (Lipinski definition) is 1. The molecule has 16 heavy (non-hydrogen) atoms. The van der Waals surface area contributed by atoms with E-state index in [-0.39, 0.29) is 12.5 Å². The highest BCUT2D eigenvalue weighted by molar-refractivity contribution is 5.68. The zero-order valence-corrected chi connectivity index (χ0v) is 10.1. The molecule has 0 aliphatic rings. The van der Waals surface area contributed by atoms with Crippen LogP contribution in [0, 0.1) is 5.92 Å². The summed E-state index contributed by atoms with van der Waals surface area (Å²) in [6.45, 7) is 6.22. The van der Waals surface area contributed by atoms with Crippen molar-refractivity contribution in [1.29, 1.82) is 0 Å². The smallest absolute Gasteiger partial charge is 0.325 e. The molecule has 1 N–H and O–H groups in total. The van der Waals surface area contributed by atoms with Crippen molar-refractivity contribution >= 4 is 5.97 Å². The molecule has 0 aromatic carbocycles. The van der Waals surface area contributed by atoms with E-state index < -0.39 is 0 Å². The van der Waals surface area contributed by atoms with E-state index in [1.54, 1.807) is 10.9 Å². The molecule has 1 aromatic heterocycles. The van der Waals surface area contributed by atoms with Crippen LogP contribution >= 0.6 is 0 Å². The number of methoxy groups -OCH3 is 1. The molecule has 0 saturated carbocycles. The highest BCUT2D eigenvalue weighted by Gasteiger charge is 2.03. The molecule has 0 radical (unpaired) electrons. The van der Waals surface area contributed by atoms with Gasteiger partial charge in [-0.1, -0.05) is 13.8 Å². The van der Waals surface area contributed by atoms with Crippen LogP contribution in [0.5, 0.6) is 0 Å². The predicted molar refractivity (Wildman–Crippen MR) is 60.8 cm³/mol. The number of ether oxygens (including phenoxy) is 1. The standard InChI is InChI=1S/C11H19N3O2/c1-9(2)4-12-5-10-6-14(8-13-10)7-11(15)16-3/h6,8-9,12H,4-5,7H2,1-3H3. The van der Waals surface area contributed by atoms with Gasteiger partial charge in [-0.2, -0.15) is 0 Å². The summed E-state index contributed by atoms with van der Waals surface area (Å²) in [4.78, 5) is 15.2. The third-order valence-electron chi connectivity index (χ3n) is 2.08. The van der Waals surface area contributed by atoms with Crippen LogP contribution in [0.1, 0.15) is 19.5 Å². The Morgan fingerprint density at radius 2 is 2.38 bits per heavy atom. The lowest BCUT2D eigenvalue weighted by Crippen LogP contribution is -2.19. The molecule has 0 spiro atoms. The molecular formula is C11H19N3O2. The second kappa shape index (κ2) is 6.27. The fraction of sp³-hybridized carbons (Fsp3) is 0.636. The fourth-order valence-electron chi connectivity index (χ4n) is 1.29. The summed E-state index contributed by atoms with van der Waals surface area (Å²) in [6.07, 6.45) is 3.49. The molecule has 0 fully saturated rings. The minimum Gasteiger partial charge on any atom is -0.468 e. The van der Waals surface area contributed by atoms with Gasteiger partial charge in [-0.05, 0) is 12.5 Å². The predicted octanol–water partition coefficient (Wildman–Crippen LogP) is 0.802. The monoisotopic (exact) mass is 225 g/mol. The van der Waals surface area contributed by atoms with E-state index in [1.807, 2.05) is 6.20 Å². The Labute approximate surface area is 95.8 Å². The Bertz CT molecular complexity index is 334. The molecule has 5 heteroatoms. The van der Waals surface area contributed by atoms with Gasteiger partial charge in [0.05, 0.1) is 19.1 Å². The fourth-order valence-corrected chi connectivity index (χ4v) is 1.29. The molecule has 90 valence electrons. The van der Waals surface area contributed by atoms with Crippen LogP contribution in [-0.2, 0) is 22.6 Å². The van der Waals surface area contributed by atoms with Crippen LogP contribution in [0.15, 0.2) is 12.5 Å². The molecule has 0 unspecified atom stereocenters. The Morgan fingerprint density at radius 3 is 3.00 bits per heavy atom. The molecule has 0 bridgehead atoms. The molecule has 5 nitrogen and oxygen atoms in total. The highest BCUT2D eigenvalue weighted by Crippen LogP contribution is 1.97. The maximum atomic E-state index is 11.0. The van der Waals surface area contributed by atoms with Crippen LogP contribution in [0.25, 0.3) is 0 Å². The first-order chi connectivity index (χ1) is 7.61. The van der Waals surface area contributed by atoms with Crippen LogP contribution in [0.3, 0.4) is 0 Å². The van der Waals surface area contributed by atoms with E-state index in [4.69, 9.17) is 0 Å². The van der Waals surface area contributed by atoms with Gasteiger partial charge >= 0.3 is 5.97 Å². The number of carbonyl (C=O) groups is 1. The zero-order valence-electron chi connectivity index (χ0n) is 10.1. The van der Waals surface area contributed by atoms with Crippen LogP contribution in [-0.4, -0.2) is 29.2 Å². The molecule has 1 rings (SSSR count). The first-order valence-corrected chi connectivity index (χ1v) is 5.40. The SMILES string of the molecule is COC(=O)Cn1cnc(CNCC(C)C)c1. The van der Waals surface area contributed by atoms with E-state index in [0.29, 0.717) is 5.92 Å². The van der Waals surface area contributed by atoms with Crippen LogP contribution in [0.4, 0.5) is 0 Å². The summed E-state index contributed by atoms with van der Waals surface area (Å²) in [6, 6.07) is 0. The largest absolute Gasteiger partial charge is 0.468 e. The summed E-state index contributed by atoms with van der Waals surface area (Å²) < 4.78 is 6.29. The number of imidazole rings is 1. The third kappa shape index (κ3) is 4.44. The third-order valence-corrected chi connectivity index (χ3v) is 2.08. The van der Waals surface area contributed by atoms with Crippen molar-refractivity contribution in [2.75, 3.05) is 13.7 Å². The highest BCUT2D eigenvalue weighted by atomic mass is 16.5. The molecule has 0 aliphatic carbocycles. The van der Waals surface area contributed by atoms with Gasteiger partial charge in [-0.3, -0.25) is 4.79 Å². The summed E-state index contributed by atoms with van der Waals surface area (Å²) in [7, 11) is 1.38. The zero-order chi connectivity index (χ0) is 12.0. The number of esters is 1. The maximum Gasteiger partial charge on any atom is 0.325 e. The molecule has 0 atom stereocenters. The lowest BCUT2D eigenvalue weighted by Gasteiger charge is -2.04. The Hall–Kier alpha value is -1.36. The van der Waals surface area contributed by atoms with Gasteiger partial charge in [0.15, 0.2) is 0 Å². The first-order valence-electron chi connectivity index (χ1n) is 5.40. The lowest BCUT2D eigenvalue weighted by atomic mass is 10.2. The average Bonchev–Trinajstić information content (AvgIpc) is 2.65. The first kappa shape index (κ1) is 12.7. The minimum absolute atomic E-state index is 0.216. The molecule has 0 amide bonds. The Balaban J connectivity index is 2.36. The summed E-state index contributed by atoms with van der Waals surface area (Å²) in [5, 5.41) is 3.29. The van der Waals surface area contributed by atoms with Gasteiger partial charge in [0.25, 0.3) is 0 Å². The van der Waals surface area contributed by atoms with Crippen molar-refractivity contribution in [3.8, 4) is 0 Å². The molecule has 1 heterocycles. The van der Waals surface area contributed by atoms with E-state index in [0.717, 1.165) is 18.8 Å². The second-order valence-electron chi connectivity index (χ2n) is 4.14. The van der Waals surface area contributed by atoms with Gasteiger partial charge < -0.3 is 14.6 Å². The summed E-state index contributed by atoms with van der Waals surface area (Å²) in [5.74, 6) is 0.358. The molecule has 0 aliphatic heterocycles. The van der Waals surface area contributed by atoms with E-state index in [9.17, 15) is 4.79 Å². The minimum atomic E-state index is -0.265. The van der Waals surface area contributed by atoms with E-state index in [1.165, 1.54) is 7.11 Å². The van der Waals surface area contributed by atoms with E-state index >= 15 is 0 Å². The Morgan fingerprint density at radius 1 is 1.62 bits per heavy atom. The number of nitrogens with one attached hydrogen (secondary N) is 1. The lowest BCUT2D eigenvalue weighted by molar-refractivity contribution is -0.141. The molecule has 0 saturated heterocycles. The van der Waals surface area contributed by atoms with Crippen molar-refractivity contribution in [1.82, 2.24) is 14.9 Å².